The molecule has 0 radical (unpaired) electrons. The van der Waals surface area contributed by atoms with Crippen molar-refractivity contribution in [2.75, 3.05) is 6.61 Å². The number of benzene rings is 1. The minimum Gasteiger partial charge on any atom is -0.378 e. The van der Waals surface area contributed by atoms with Crippen molar-refractivity contribution < 1.29 is 9.53 Å². The van der Waals surface area contributed by atoms with E-state index in [4.69, 9.17) is 4.74 Å². The van der Waals surface area contributed by atoms with Gasteiger partial charge in [-0.3, -0.25) is 4.79 Å². The van der Waals surface area contributed by atoms with Crippen molar-refractivity contribution in [1.29, 1.82) is 0 Å². The molecular formula is C16H21BrO2. The molecule has 0 aromatic heterocycles. The van der Waals surface area contributed by atoms with Crippen LogP contribution in [0.25, 0.3) is 0 Å². The number of ketones is 1. The second-order valence-electron chi connectivity index (χ2n) is 5.37. The van der Waals surface area contributed by atoms with Crippen molar-refractivity contribution in [2.45, 2.75) is 52.1 Å². The number of carbonyl (C=O) groups is 1. The van der Waals surface area contributed by atoms with E-state index >= 15 is 0 Å². The number of halogens is 1. The molecule has 0 bridgehead atoms. The van der Waals surface area contributed by atoms with Crippen molar-refractivity contribution in [3.05, 3.63) is 33.3 Å². The lowest BCUT2D eigenvalue weighted by Gasteiger charge is -2.22. The fourth-order valence-corrected chi connectivity index (χ4v) is 3.00. The van der Waals surface area contributed by atoms with Crippen LogP contribution in [0.1, 0.15) is 53.6 Å². The van der Waals surface area contributed by atoms with Crippen molar-refractivity contribution in [1.82, 2.24) is 0 Å². The molecule has 0 N–H and O–H groups in total. The molecule has 1 unspecified atom stereocenters. The van der Waals surface area contributed by atoms with E-state index < -0.39 is 0 Å². The topological polar surface area (TPSA) is 26.3 Å². The number of carbonyl (C=O) groups excluding carboxylic acids is 1. The molecule has 1 fully saturated rings. The third-order valence-electron chi connectivity index (χ3n) is 3.77. The SMILES string of the molecule is Cc1cc(C(=O)CCC2CCCCO2)c(C)cc1Br. The summed E-state index contributed by atoms with van der Waals surface area (Å²) < 4.78 is 6.74. The maximum atomic E-state index is 12.3. The summed E-state index contributed by atoms with van der Waals surface area (Å²) in [5.41, 5.74) is 3.02. The minimum absolute atomic E-state index is 0.238. The molecule has 1 aromatic carbocycles. The maximum absolute atomic E-state index is 12.3. The van der Waals surface area contributed by atoms with Crippen molar-refractivity contribution >= 4 is 21.7 Å². The highest BCUT2D eigenvalue weighted by atomic mass is 79.9. The average Bonchev–Trinajstić information content (AvgIpc) is 2.41. The molecule has 0 saturated carbocycles. The van der Waals surface area contributed by atoms with Crippen LogP contribution in [-0.2, 0) is 4.74 Å². The minimum atomic E-state index is 0.238. The highest BCUT2D eigenvalue weighted by Gasteiger charge is 2.17. The highest BCUT2D eigenvalue weighted by Crippen LogP contribution is 2.23. The van der Waals surface area contributed by atoms with Crippen LogP contribution < -0.4 is 0 Å². The molecule has 2 rings (SSSR count). The van der Waals surface area contributed by atoms with Crippen LogP contribution in [0.4, 0.5) is 0 Å². The number of rotatable bonds is 4. The Morgan fingerprint density at radius 2 is 2.11 bits per heavy atom. The first-order valence-corrected chi connectivity index (χ1v) is 7.79. The fraction of sp³-hybridized carbons (Fsp3) is 0.562. The summed E-state index contributed by atoms with van der Waals surface area (Å²) >= 11 is 3.50. The highest BCUT2D eigenvalue weighted by molar-refractivity contribution is 9.10. The summed E-state index contributed by atoms with van der Waals surface area (Å²) in [6.07, 6.45) is 5.23. The Hall–Kier alpha value is -0.670. The molecule has 1 heterocycles. The van der Waals surface area contributed by atoms with Crippen LogP contribution in [0.2, 0.25) is 0 Å². The van der Waals surface area contributed by atoms with E-state index in [1.807, 2.05) is 26.0 Å². The first-order chi connectivity index (χ1) is 9.08. The number of aryl methyl sites for hydroxylation is 2. The van der Waals surface area contributed by atoms with Gasteiger partial charge in [0.2, 0.25) is 0 Å². The zero-order valence-electron chi connectivity index (χ0n) is 11.7. The van der Waals surface area contributed by atoms with Gasteiger partial charge in [0.05, 0.1) is 6.10 Å². The second kappa shape index (κ2) is 6.67. The summed E-state index contributed by atoms with van der Waals surface area (Å²) in [4.78, 5) is 12.3. The maximum Gasteiger partial charge on any atom is 0.163 e. The molecular weight excluding hydrogens is 304 g/mol. The zero-order chi connectivity index (χ0) is 13.8. The van der Waals surface area contributed by atoms with Gasteiger partial charge in [0.25, 0.3) is 0 Å². The van der Waals surface area contributed by atoms with E-state index in [0.29, 0.717) is 6.42 Å². The molecule has 1 aliphatic rings. The molecule has 2 nitrogen and oxygen atoms in total. The number of Topliss-reactive ketones (excluding diaryl/α,β-unsaturated/α-hetero) is 1. The number of hydrogen-bond acceptors (Lipinski definition) is 2. The first kappa shape index (κ1) is 14.7. The average molecular weight is 325 g/mol. The molecule has 0 spiro atoms. The lowest BCUT2D eigenvalue weighted by molar-refractivity contribution is 0.0104. The quantitative estimate of drug-likeness (QED) is 0.757. The van der Waals surface area contributed by atoms with Gasteiger partial charge in [0.1, 0.15) is 0 Å². The lowest BCUT2D eigenvalue weighted by Crippen LogP contribution is -2.20. The Morgan fingerprint density at radius 3 is 2.79 bits per heavy atom. The van der Waals surface area contributed by atoms with Gasteiger partial charge in [-0.1, -0.05) is 15.9 Å². The fourth-order valence-electron chi connectivity index (χ4n) is 2.54. The van der Waals surface area contributed by atoms with Crippen LogP contribution in [-0.4, -0.2) is 18.5 Å². The van der Waals surface area contributed by atoms with Crippen LogP contribution in [0.3, 0.4) is 0 Å². The molecule has 1 aromatic rings. The Balaban J connectivity index is 1.97. The van der Waals surface area contributed by atoms with E-state index in [1.54, 1.807) is 0 Å². The number of ether oxygens (including phenoxy) is 1. The predicted octanol–water partition coefficient (Wildman–Crippen LogP) is 4.60. The van der Waals surface area contributed by atoms with Crippen LogP contribution in [0.5, 0.6) is 0 Å². The number of hydrogen-bond donors (Lipinski definition) is 0. The molecule has 104 valence electrons. The van der Waals surface area contributed by atoms with E-state index in [0.717, 1.165) is 47.0 Å². The van der Waals surface area contributed by atoms with E-state index in [-0.39, 0.29) is 11.9 Å². The van der Waals surface area contributed by atoms with Gasteiger partial charge >= 0.3 is 0 Å². The Morgan fingerprint density at radius 1 is 1.32 bits per heavy atom. The molecule has 1 aliphatic heterocycles. The largest absolute Gasteiger partial charge is 0.378 e. The van der Waals surface area contributed by atoms with E-state index in [1.165, 1.54) is 6.42 Å². The van der Waals surface area contributed by atoms with Gasteiger partial charge in [0, 0.05) is 23.1 Å². The van der Waals surface area contributed by atoms with Gasteiger partial charge in [0.15, 0.2) is 5.78 Å². The Labute approximate surface area is 123 Å². The van der Waals surface area contributed by atoms with Gasteiger partial charge in [-0.05, 0) is 62.8 Å². The molecule has 0 amide bonds. The molecule has 1 atom stereocenters. The van der Waals surface area contributed by atoms with Crippen molar-refractivity contribution in [2.24, 2.45) is 0 Å². The zero-order valence-corrected chi connectivity index (χ0v) is 13.3. The summed E-state index contributed by atoms with van der Waals surface area (Å²) in [6.45, 7) is 4.87. The Kier molecular flexibility index (Phi) is 5.17. The van der Waals surface area contributed by atoms with Crippen LogP contribution in [0, 0.1) is 13.8 Å². The van der Waals surface area contributed by atoms with Crippen molar-refractivity contribution in [3.8, 4) is 0 Å². The molecule has 0 aliphatic carbocycles. The van der Waals surface area contributed by atoms with Crippen LogP contribution in [0.15, 0.2) is 16.6 Å². The summed E-state index contributed by atoms with van der Waals surface area (Å²) in [5.74, 6) is 0.238. The van der Waals surface area contributed by atoms with Gasteiger partial charge < -0.3 is 4.74 Å². The second-order valence-corrected chi connectivity index (χ2v) is 6.22. The predicted molar refractivity (Wildman–Crippen MR) is 80.8 cm³/mol. The van der Waals surface area contributed by atoms with Crippen LogP contribution >= 0.6 is 15.9 Å². The summed E-state index contributed by atoms with van der Waals surface area (Å²) in [7, 11) is 0. The summed E-state index contributed by atoms with van der Waals surface area (Å²) in [5, 5.41) is 0. The normalized spacial score (nSPS) is 19.4. The summed E-state index contributed by atoms with van der Waals surface area (Å²) in [6, 6.07) is 4.02. The van der Waals surface area contributed by atoms with E-state index in [9.17, 15) is 4.79 Å². The van der Waals surface area contributed by atoms with Gasteiger partial charge in [-0.25, -0.2) is 0 Å². The molecule has 3 heteroatoms. The lowest BCUT2D eigenvalue weighted by atomic mass is 9.96. The standard InChI is InChI=1S/C16H21BrO2/c1-11-10-15(17)12(2)9-14(11)16(18)7-6-13-5-3-4-8-19-13/h9-10,13H,3-8H2,1-2H3. The van der Waals surface area contributed by atoms with E-state index in [2.05, 4.69) is 15.9 Å². The molecule has 19 heavy (non-hydrogen) atoms. The van der Waals surface area contributed by atoms with Crippen molar-refractivity contribution in [3.63, 3.8) is 0 Å². The third-order valence-corrected chi connectivity index (χ3v) is 4.63. The first-order valence-electron chi connectivity index (χ1n) is 6.99. The van der Waals surface area contributed by atoms with Gasteiger partial charge in [-0.15, -0.1) is 0 Å². The Bertz CT molecular complexity index is 462. The van der Waals surface area contributed by atoms with Gasteiger partial charge in [-0.2, -0.15) is 0 Å². The third kappa shape index (κ3) is 3.90. The smallest absolute Gasteiger partial charge is 0.163 e. The monoisotopic (exact) mass is 324 g/mol. The molecule has 1 saturated heterocycles.